The molecule has 0 N–H and O–H groups in total. The molecule has 0 aromatic carbocycles. The summed E-state index contributed by atoms with van der Waals surface area (Å²) in [5.74, 6) is 0.669. The Hall–Kier alpha value is -0.330. The summed E-state index contributed by atoms with van der Waals surface area (Å²) < 4.78 is 0. The zero-order chi connectivity index (χ0) is 7.28. The number of rotatable bonds is 4. The molecule has 53 valence electrons. The Bertz CT molecular complexity index is 78.6. The highest BCUT2D eigenvalue weighted by Gasteiger charge is 2.12. The molecule has 0 aliphatic rings. The predicted molar refractivity (Wildman–Crippen MR) is 38.9 cm³/mol. The van der Waals surface area contributed by atoms with E-state index in [4.69, 9.17) is 0 Å². The van der Waals surface area contributed by atoms with E-state index in [1.54, 1.807) is 0 Å². The largest absolute Gasteiger partial charge is 0.291 e. The lowest BCUT2D eigenvalue weighted by atomic mass is 9.91. The smallest absolute Gasteiger partial charge is 0.202 e. The third kappa shape index (κ3) is 2.64. The molecule has 0 rings (SSSR count). The van der Waals surface area contributed by atoms with Crippen LogP contribution in [0.25, 0.3) is 0 Å². The van der Waals surface area contributed by atoms with Crippen molar-refractivity contribution in [3.05, 3.63) is 0 Å². The Morgan fingerprint density at radius 2 is 1.89 bits per heavy atom. The van der Waals surface area contributed by atoms with Gasteiger partial charge in [-0.1, -0.05) is 27.2 Å². The first-order valence-corrected chi connectivity index (χ1v) is 3.63. The third-order valence-corrected chi connectivity index (χ3v) is 1.92. The van der Waals surface area contributed by atoms with Crippen LogP contribution < -0.4 is 0 Å². The van der Waals surface area contributed by atoms with Gasteiger partial charge in [-0.25, -0.2) is 0 Å². The van der Waals surface area contributed by atoms with Gasteiger partial charge in [0, 0.05) is 5.92 Å². The summed E-state index contributed by atoms with van der Waals surface area (Å²) in [6.45, 7) is 6.23. The summed E-state index contributed by atoms with van der Waals surface area (Å²) in [5.41, 5.74) is 0. The van der Waals surface area contributed by atoms with Crippen molar-refractivity contribution in [2.24, 2.45) is 11.8 Å². The average Bonchev–Trinajstić information content (AvgIpc) is 1.90. The average molecular weight is 127 g/mol. The van der Waals surface area contributed by atoms with Crippen molar-refractivity contribution in [3.8, 4) is 0 Å². The number of carbonyl (C=O) groups excluding carboxylic acids is 1. The highest BCUT2D eigenvalue weighted by Crippen LogP contribution is 2.15. The minimum absolute atomic E-state index is 0.162. The molecular formula is C8H15O. The Balaban J connectivity index is 3.63. The number of hydrogen-bond acceptors (Lipinski definition) is 1. The van der Waals surface area contributed by atoms with Crippen molar-refractivity contribution >= 4 is 6.29 Å². The van der Waals surface area contributed by atoms with Gasteiger partial charge in [0.25, 0.3) is 0 Å². The van der Waals surface area contributed by atoms with Gasteiger partial charge in [-0.2, -0.15) is 0 Å². The summed E-state index contributed by atoms with van der Waals surface area (Å²) in [5, 5.41) is 0. The molecule has 0 aliphatic carbocycles. The molecule has 0 aromatic heterocycles. The predicted octanol–water partition coefficient (Wildman–Crippen LogP) is 2.17. The summed E-state index contributed by atoms with van der Waals surface area (Å²) in [7, 11) is 0. The first-order chi connectivity index (χ1) is 4.26. The van der Waals surface area contributed by atoms with Gasteiger partial charge in [0.2, 0.25) is 6.29 Å². The van der Waals surface area contributed by atoms with Crippen molar-refractivity contribution in [2.75, 3.05) is 0 Å². The van der Waals surface area contributed by atoms with E-state index < -0.39 is 0 Å². The lowest BCUT2D eigenvalue weighted by molar-refractivity contribution is 0.403. The molecule has 0 heterocycles. The molecule has 0 saturated carbocycles. The van der Waals surface area contributed by atoms with E-state index in [1.165, 1.54) is 0 Å². The minimum atomic E-state index is 0.162. The van der Waals surface area contributed by atoms with Crippen molar-refractivity contribution in [1.82, 2.24) is 0 Å². The lowest BCUT2D eigenvalue weighted by Crippen LogP contribution is -2.10. The van der Waals surface area contributed by atoms with Gasteiger partial charge in [0.05, 0.1) is 0 Å². The standard InChI is InChI=1S/C8H15O/c1-4-7(3)8(5-2)6-9/h7-8H,4-5H2,1-3H3. The van der Waals surface area contributed by atoms with Crippen LogP contribution >= 0.6 is 0 Å². The molecule has 0 aliphatic heterocycles. The molecule has 1 nitrogen and oxygen atoms in total. The second-order valence-corrected chi connectivity index (χ2v) is 2.52. The van der Waals surface area contributed by atoms with Crippen molar-refractivity contribution in [2.45, 2.75) is 33.6 Å². The van der Waals surface area contributed by atoms with E-state index in [-0.39, 0.29) is 5.92 Å². The van der Waals surface area contributed by atoms with Crippen LogP contribution in [0.1, 0.15) is 33.6 Å². The SMILES string of the molecule is CCC(C)C([C]=O)CC. The van der Waals surface area contributed by atoms with Crippen molar-refractivity contribution in [1.29, 1.82) is 0 Å². The fraction of sp³-hybridized carbons (Fsp3) is 0.875. The van der Waals surface area contributed by atoms with Crippen LogP contribution in [0.2, 0.25) is 0 Å². The molecule has 0 spiro atoms. The van der Waals surface area contributed by atoms with E-state index >= 15 is 0 Å². The van der Waals surface area contributed by atoms with Crippen LogP contribution in [0, 0.1) is 11.8 Å². The highest BCUT2D eigenvalue weighted by atomic mass is 16.1. The van der Waals surface area contributed by atoms with Gasteiger partial charge in [-0.3, -0.25) is 4.79 Å². The fourth-order valence-corrected chi connectivity index (χ4v) is 0.886. The topological polar surface area (TPSA) is 17.1 Å². The summed E-state index contributed by atoms with van der Waals surface area (Å²) in [6.07, 6.45) is 4.06. The van der Waals surface area contributed by atoms with Crippen molar-refractivity contribution < 1.29 is 4.79 Å². The molecule has 0 fully saturated rings. The fourth-order valence-electron chi connectivity index (χ4n) is 0.886. The molecular weight excluding hydrogens is 112 g/mol. The van der Waals surface area contributed by atoms with Crippen LogP contribution in [-0.4, -0.2) is 6.29 Å². The second kappa shape index (κ2) is 4.54. The quantitative estimate of drug-likeness (QED) is 0.565. The van der Waals surface area contributed by atoms with Gasteiger partial charge in [0.15, 0.2) is 0 Å². The second-order valence-electron chi connectivity index (χ2n) is 2.52. The van der Waals surface area contributed by atoms with Gasteiger partial charge >= 0.3 is 0 Å². The molecule has 9 heavy (non-hydrogen) atoms. The molecule has 0 amide bonds. The van der Waals surface area contributed by atoms with Crippen LogP contribution in [0.3, 0.4) is 0 Å². The van der Waals surface area contributed by atoms with Crippen LogP contribution in [-0.2, 0) is 4.79 Å². The normalized spacial score (nSPS) is 16.8. The van der Waals surface area contributed by atoms with Crippen LogP contribution in [0.4, 0.5) is 0 Å². The Labute approximate surface area is 57.5 Å². The maximum Gasteiger partial charge on any atom is 0.202 e. The van der Waals surface area contributed by atoms with E-state index in [2.05, 4.69) is 20.1 Å². The van der Waals surface area contributed by atoms with Crippen LogP contribution in [0.5, 0.6) is 0 Å². The molecule has 0 bridgehead atoms. The van der Waals surface area contributed by atoms with Gasteiger partial charge in [-0.05, 0) is 12.3 Å². The van der Waals surface area contributed by atoms with E-state index in [1.807, 2.05) is 6.92 Å². The zero-order valence-corrected chi connectivity index (χ0v) is 6.48. The van der Waals surface area contributed by atoms with Crippen molar-refractivity contribution in [3.63, 3.8) is 0 Å². The Kier molecular flexibility index (Phi) is 4.37. The lowest BCUT2D eigenvalue weighted by Gasteiger charge is -2.12. The summed E-state index contributed by atoms with van der Waals surface area (Å²) >= 11 is 0. The maximum atomic E-state index is 10.2. The molecule has 2 atom stereocenters. The molecule has 2 unspecified atom stereocenters. The highest BCUT2D eigenvalue weighted by molar-refractivity contribution is 5.54. The van der Waals surface area contributed by atoms with E-state index in [0.717, 1.165) is 12.8 Å². The summed E-state index contributed by atoms with van der Waals surface area (Å²) in [4.78, 5) is 10.2. The van der Waals surface area contributed by atoms with Gasteiger partial charge in [-0.15, -0.1) is 0 Å². The van der Waals surface area contributed by atoms with Crippen LogP contribution in [0.15, 0.2) is 0 Å². The molecule has 0 aromatic rings. The zero-order valence-electron chi connectivity index (χ0n) is 6.48. The molecule has 1 radical (unpaired) electrons. The van der Waals surface area contributed by atoms with Gasteiger partial charge < -0.3 is 0 Å². The molecule has 1 heteroatoms. The van der Waals surface area contributed by atoms with Gasteiger partial charge in [0.1, 0.15) is 0 Å². The monoisotopic (exact) mass is 127 g/mol. The summed E-state index contributed by atoms with van der Waals surface area (Å²) in [6, 6.07) is 0. The molecule has 0 saturated heterocycles. The van der Waals surface area contributed by atoms with E-state index in [9.17, 15) is 4.79 Å². The Morgan fingerprint density at radius 3 is 2.00 bits per heavy atom. The first-order valence-electron chi connectivity index (χ1n) is 3.63. The number of hydrogen-bond donors (Lipinski definition) is 0. The first kappa shape index (κ1) is 8.67. The third-order valence-electron chi connectivity index (χ3n) is 1.92. The van der Waals surface area contributed by atoms with E-state index in [0.29, 0.717) is 5.92 Å². The minimum Gasteiger partial charge on any atom is -0.291 e. The Morgan fingerprint density at radius 1 is 1.33 bits per heavy atom. The maximum absolute atomic E-state index is 10.2.